The Morgan fingerprint density at radius 1 is 0.963 bits per heavy atom. The molecule has 0 amide bonds. The van der Waals surface area contributed by atoms with Crippen LogP contribution in [0.5, 0.6) is 11.5 Å². The third kappa shape index (κ3) is 3.73. The Morgan fingerprint density at radius 3 is 1.93 bits per heavy atom. The van der Waals surface area contributed by atoms with Gasteiger partial charge in [-0.25, -0.2) is 22.0 Å². The zero-order chi connectivity index (χ0) is 20.3. The van der Waals surface area contributed by atoms with Crippen molar-refractivity contribution in [2.75, 3.05) is 19.6 Å². The van der Waals surface area contributed by atoms with E-state index in [1.807, 2.05) is 0 Å². The molecule has 0 heterocycles. The lowest BCUT2D eigenvalue weighted by Crippen LogP contribution is -2.07. The molecule has 2 rings (SSSR count). The van der Waals surface area contributed by atoms with Gasteiger partial charge in [0, 0.05) is 0 Å². The molecule has 144 valence electrons. The molecule has 2 aromatic rings. The molecule has 0 fully saturated rings. The van der Waals surface area contributed by atoms with E-state index >= 15 is 0 Å². The van der Waals surface area contributed by atoms with Crippen molar-refractivity contribution in [3.8, 4) is 11.5 Å². The lowest BCUT2D eigenvalue weighted by atomic mass is 10.1. The molecule has 0 radical (unpaired) electrons. The minimum Gasteiger partial charge on any atom is -0.493 e. The summed E-state index contributed by atoms with van der Waals surface area (Å²) >= 11 is 0. The first-order valence-electron chi connectivity index (χ1n) is 6.93. The van der Waals surface area contributed by atoms with E-state index in [4.69, 9.17) is 9.47 Å². The smallest absolute Gasteiger partial charge is 0.282 e. The number of nitro groups is 1. The Bertz CT molecular complexity index is 907. The first-order chi connectivity index (χ1) is 12.7. The van der Waals surface area contributed by atoms with E-state index in [2.05, 4.69) is 5.10 Å². The highest BCUT2D eigenvalue weighted by Gasteiger charge is 2.25. The number of rotatable bonds is 6. The van der Waals surface area contributed by atoms with E-state index in [9.17, 15) is 32.1 Å². The predicted octanol–water partition coefficient (Wildman–Crippen LogP) is 3.75. The molecule has 0 aliphatic carbocycles. The van der Waals surface area contributed by atoms with E-state index in [-0.39, 0.29) is 17.1 Å². The Morgan fingerprint density at radius 2 is 1.44 bits per heavy atom. The SMILES string of the molecule is COc1cc(C=NNc2c(F)c(F)c(F)c(F)c2F)c([N+](=O)[O-])cc1OC. The number of methoxy groups -OCH3 is 2. The third-order valence-electron chi connectivity index (χ3n) is 3.32. The van der Waals surface area contributed by atoms with E-state index in [1.165, 1.54) is 14.2 Å². The lowest BCUT2D eigenvalue weighted by Gasteiger charge is -2.09. The van der Waals surface area contributed by atoms with Gasteiger partial charge in [0.2, 0.25) is 5.82 Å². The first-order valence-corrected chi connectivity index (χ1v) is 6.93. The molecular weight excluding hydrogens is 381 g/mol. The van der Waals surface area contributed by atoms with E-state index in [0.717, 1.165) is 18.3 Å². The molecule has 2 aromatic carbocycles. The molecule has 27 heavy (non-hydrogen) atoms. The van der Waals surface area contributed by atoms with E-state index in [0.29, 0.717) is 0 Å². The van der Waals surface area contributed by atoms with Crippen LogP contribution in [0.1, 0.15) is 5.56 Å². The monoisotopic (exact) mass is 391 g/mol. The van der Waals surface area contributed by atoms with Crippen molar-refractivity contribution in [3.05, 3.63) is 56.9 Å². The topological polar surface area (TPSA) is 86.0 Å². The van der Waals surface area contributed by atoms with Crippen molar-refractivity contribution in [1.82, 2.24) is 0 Å². The second-order valence-electron chi connectivity index (χ2n) is 4.84. The molecule has 1 N–H and O–H groups in total. The number of nitrogens with zero attached hydrogens (tertiary/aromatic N) is 2. The zero-order valence-corrected chi connectivity index (χ0v) is 13.6. The standard InChI is InChI=1S/C15H10F5N3O4/c1-26-8-3-6(7(23(24)25)4-9(8)27-2)5-21-22-15-13(19)11(17)10(16)12(18)14(15)20/h3-5,22H,1-2H3. The summed E-state index contributed by atoms with van der Waals surface area (Å²) < 4.78 is 76.2. The van der Waals surface area contributed by atoms with Crippen LogP contribution in [0.2, 0.25) is 0 Å². The number of hydrogen-bond donors (Lipinski definition) is 1. The fourth-order valence-corrected chi connectivity index (χ4v) is 2.01. The van der Waals surface area contributed by atoms with Gasteiger partial charge >= 0.3 is 0 Å². The van der Waals surface area contributed by atoms with E-state index < -0.39 is 45.4 Å². The van der Waals surface area contributed by atoms with Crippen molar-refractivity contribution in [2.24, 2.45) is 5.10 Å². The molecule has 0 saturated heterocycles. The summed E-state index contributed by atoms with van der Waals surface area (Å²) in [6.45, 7) is 0. The molecule has 0 atom stereocenters. The maximum absolute atomic E-state index is 13.6. The predicted molar refractivity (Wildman–Crippen MR) is 83.6 cm³/mol. The minimum atomic E-state index is -2.32. The lowest BCUT2D eigenvalue weighted by molar-refractivity contribution is -0.385. The number of benzene rings is 2. The number of halogens is 5. The molecule has 0 bridgehead atoms. The number of hydrazone groups is 1. The van der Waals surface area contributed by atoms with Crippen molar-refractivity contribution in [2.45, 2.75) is 0 Å². The number of nitrogens with one attached hydrogen (secondary N) is 1. The van der Waals surface area contributed by atoms with Gasteiger partial charge in [-0.2, -0.15) is 5.10 Å². The number of anilines is 1. The van der Waals surface area contributed by atoms with Gasteiger partial charge in [-0.3, -0.25) is 15.5 Å². The van der Waals surface area contributed by atoms with Crippen LogP contribution in [0, 0.1) is 39.2 Å². The Kier molecular flexibility index (Phi) is 5.78. The maximum Gasteiger partial charge on any atom is 0.282 e. The molecular formula is C15H10F5N3O4. The normalized spacial score (nSPS) is 10.9. The highest BCUT2D eigenvalue weighted by Crippen LogP contribution is 2.34. The van der Waals surface area contributed by atoms with Crippen LogP contribution in [-0.2, 0) is 0 Å². The second kappa shape index (κ2) is 7.85. The van der Waals surface area contributed by atoms with Gasteiger partial charge in [0.1, 0.15) is 5.69 Å². The summed E-state index contributed by atoms with van der Waals surface area (Å²) in [5.41, 5.74) is -0.453. The Labute approximate surface area is 148 Å². The Hall–Kier alpha value is -3.44. The van der Waals surface area contributed by atoms with Crippen LogP contribution in [0.4, 0.5) is 33.3 Å². The number of nitro benzene ring substituents is 1. The van der Waals surface area contributed by atoms with Crippen molar-refractivity contribution < 1.29 is 36.3 Å². The second-order valence-corrected chi connectivity index (χ2v) is 4.84. The summed E-state index contributed by atoms with van der Waals surface area (Å²) in [5, 5.41) is 14.4. The summed E-state index contributed by atoms with van der Waals surface area (Å²) in [6, 6.07) is 2.15. The summed E-state index contributed by atoms with van der Waals surface area (Å²) in [6.07, 6.45) is 0.748. The molecule has 12 heteroatoms. The van der Waals surface area contributed by atoms with Crippen LogP contribution < -0.4 is 14.9 Å². The molecule has 0 aliphatic heterocycles. The van der Waals surface area contributed by atoms with Gasteiger partial charge in [0.15, 0.2) is 34.8 Å². The van der Waals surface area contributed by atoms with Crippen molar-refractivity contribution in [3.63, 3.8) is 0 Å². The number of ether oxygens (including phenoxy) is 2. The van der Waals surface area contributed by atoms with Gasteiger partial charge in [-0.1, -0.05) is 0 Å². The van der Waals surface area contributed by atoms with Gasteiger partial charge < -0.3 is 9.47 Å². The summed E-state index contributed by atoms with van der Waals surface area (Å²) in [5.74, 6) is -10.8. The summed E-state index contributed by atoms with van der Waals surface area (Å²) in [4.78, 5) is 10.3. The average Bonchev–Trinajstić information content (AvgIpc) is 2.66. The largest absolute Gasteiger partial charge is 0.493 e. The van der Waals surface area contributed by atoms with Crippen LogP contribution in [0.3, 0.4) is 0 Å². The highest BCUT2D eigenvalue weighted by atomic mass is 19.2. The number of hydrogen-bond acceptors (Lipinski definition) is 6. The highest BCUT2D eigenvalue weighted by molar-refractivity contribution is 5.87. The fourth-order valence-electron chi connectivity index (χ4n) is 2.01. The van der Waals surface area contributed by atoms with Gasteiger partial charge in [0.25, 0.3) is 5.69 Å². The van der Waals surface area contributed by atoms with Crippen LogP contribution in [-0.4, -0.2) is 25.4 Å². The van der Waals surface area contributed by atoms with Crippen LogP contribution in [0.15, 0.2) is 17.2 Å². The minimum absolute atomic E-state index is 0.0362. The zero-order valence-electron chi connectivity index (χ0n) is 13.6. The van der Waals surface area contributed by atoms with Crippen molar-refractivity contribution in [1.29, 1.82) is 0 Å². The van der Waals surface area contributed by atoms with Gasteiger partial charge in [0.05, 0.1) is 37.0 Å². The molecule has 0 unspecified atom stereocenters. The van der Waals surface area contributed by atoms with E-state index in [1.54, 1.807) is 5.43 Å². The maximum atomic E-state index is 13.6. The Balaban J connectivity index is 2.44. The van der Waals surface area contributed by atoms with Crippen LogP contribution in [0.25, 0.3) is 0 Å². The first kappa shape index (κ1) is 19.9. The van der Waals surface area contributed by atoms with Gasteiger partial charge in [-0.05, 0) is 6.07 Å². The molecule has 0 aliphatic rings. The van der Waals surface area contributed by atoms with Gasteiger partial charge in [-0.15, -0.1) is 0 Å². The van der Waals surface area contributed by atoms with Crippen molar-refractivity contribution >= 4 is 17.6 Å². The molecule has 0 saturated carbocycles. The quantitative estimate of drug-likeness (QED) is 0.202. The molecule has 0 aromatic heterocycles. The average molecular weight is 391 g/mol. The van der Waals surface area contributed by atoms with Crippen LogP contribution >= 0.6 is 0 Å². The fraction of sp³-hybridized carbons (Fsp3) is 0.133. The molecule has 7 nitrogen and oxygen atoms in total. The summed E-state index contributed by atoms with van der Waals surface area (Å²) in [7, 11) is 2.51. The third-order valence-corrected chi connectivity index (χ3v) is 3.32. The molecule has 0 spiro atoms.